The smallest absolute Gasteiger partial charge is 0.149 e. The lowest BCUT2D eigenvalue weighted by molar-refractivity contribution is 0.594. The first kappa shape index (κ1) is 11.2. The van der Waals surface area contributed by atoms with Crippen LogP contribution in [0, 0.1) is 0 Å². The van der Waals surface area contributed by atoms with Crippen molar-refractivity contribution in [3.63, 3.8) is 0 Å². The summed E-state index contributed by atoms with van der Waals surface area (Å²) in [7, 11) is -3.01. The van der Waals surface area contributed by atoms with Gasteiger partial charge in [0.25, 0.3) is 0 Å². The van der Waals surface area contributed by atoms with E-state index in [1.54, 1.807) is 0 Å². The summed E-state index contributed by atoms with van der Waals surface area (Å²) in [5.74, 6) is -0.0116. The number of sulfone groups is 1. The second-order valence-corrected chi connectivity index (χ2v) is 6.66. The summed E-state index contributed by atoms with van der Waals surface area (Å²) in [5, 5.41) is 3.75. The van der Waals surface area contributed by atoms with Crippen LogP contribution in [0.5, 0.6) is 0 Å². The number of rotatable bonds is 3. The molecule has 0 bridgehead atoms. The van der Waals surface area contributed by atoms with E-state index in [1.807, 2.05) is 10.8 Å². The molecular weight excluding hydrogens is 274 g/mol. The van der Waals surface area contributed by atoms with Crippen LogP contribution in [-0.4, -0.2) is 20.4 Å². The maximum atomic E-state index is 11.0. The highest BCUT2D eigenvalue weighted by Gasteiger charge is 2.15. The molecule has 1 aromatic rings. The van der Waals surface area contributed by atoms with Crippen LogP contribution in [0.25, 0.3) is 0 Å². The number of hydrogen-bond donors (Lipinski definition) is 1. The standard InChI is InChI=1S/C7H10BrNO2S2/c1-13(10,11)4-7(9)5-2-12-3-6(5)8/h2-3,7H,4,9H2,1H3. The van der Waals surface area contributed by atoms with E-state index in [4.69, 9.17) is 5.73 Å². The molecule has 0 aliphatic rings. The second-order valence-electron chi connectivity index (χ2n) is 2.87. The van der Waals surface area contributed by atoms with Gasteiger partial charge in [-0.15, -0.1) is 0 Å². The molecule has 74 valence electrons. The quantitative estimate of drug-likeness (QED) is 0.916. The molecule has 0 saturated carbocycles. The van der Waals surface area contributed by atoms with Crippen LogP contribution in [-0.2, 0) is 9.84 Å². The first-order chi connectivity index (χ1) is 5.90. The minimum atomic E-state index is -3.01. The third kappa shape index (κ3) is 3.38. The Labute approximate surface area is 90.0 Å². The molecule has 0 radical (unpaired) electrons. The molecule has 0 fully saturated rings. The zero-order valence-electron chi connectivity index (χ0n) is 7.03. The summed E-state index contributed by atoms with van der Waals surface area (Å²) in [4.78, 5) is 0. The highest BCUT2D eigenvalue weighted by atomic mass is 79.9. The lowest BCUT2D eigenvalue weighted by Crippen LogP contribution is -2.20. The van der Waals surface area contributed by atoms with Gasteiger partial charge in [0, 0.05) is 22.2 Å². The van der Waals surface area contributed by atoms with Gasteiger partial charge in [-0.2, -0.15) is 11.3 Å². The predicted octanol–water partition coefficient (Wildman–Crippen LogP) is 1.56. The van der Waals surface area contributed by atoms with Crippen molar-refractivity contribution in [3.8, 4) is 0 Å². The molecule has 0 aliphatic heterocycles. The van der Waals surface area contributed by atoms with Gasteiger partial charge in [0.05, 0.1) is 5.75 Å². The monoisotopic (exact) mass is 283 g/mol. The van der Waals surface area contributed by atoms with Gasteiger partial charge in [0.1, 0.15) is 9.84 Å². The molecule has 0 aromatic carbocycles. The lowest BCUT2D eigenvalue weighted by Gasteiger charge is -2.08. The Bertz CT molecular complexity index is 385. The Morgan fingerprint density at radius 3 is 2.62 bits per heavy atom. The summed E-state index contributed by atoms with van der Waals surface area (Å²) in [6, 6.07) is -0.435. The summed E-state index contributed by atoms with van der Waals surface area (Å²) in [5.41, 5.74) is 6.58. The molecule has 13 heavy (non-hydrogen) atoms. The molecule has 0 spiro atoms. The fourth-order valence-corrected chi connectivity index (χ4v) is 3.46. The van der Waals surface area contributed by atoms with Crippen molar-refractivity contribution >= 4 is 37.1 Å². The Balaban J connectivity index is 2.81. The van der Waals surface area contributed by atoms with Gasteiger partial charge >= 0.3 is 0 Å². The van der Waals surface area contributed by atoms with E-state index in [9.17, 15) is 8.42 Å². The fourth-order valence-electron chi connectivity index (χ4n) is 0.972. The maximum Gasteiger partial charge on any atom is 0.149 e. The van der Waals surface area contributed by atoms with Gasteiger partial charge in [-0.1, -0.05) is 0 Å². The van der Waals surface area contributed by atoms with Gasteiger partial charge in [-0.05, 0) is 26.9 Å². The lowest BCUT2D eigenvalue weighted by atomic mass is 10.2. The van der Waals surface area contributed by atoms with Crippen LogP contribution in [0.2, 0.25) is 0 Å². The molecule has 1 aromatic heterocycles. The summed E-state index contributed by atoms with van der Waals surface area (Å²) in [6.07, 6.45) is 1.19. The van der Waals surface area contributed by atoms with Crippen molar-refractivity contribution in [2.75, 3.05) is 12.0 Å². The van der Waals surface area contributed by atoms with Crippen LogP contribution >= 0.6 is 27.3 Å². The van der Waals surface area contributed by atoms with Gasteiger partial charge < -0.3 is 5.73 Å². The minimum Gasteiger partial charge on any atom is -0.323 e. The maximum absolute atomic E-state index is 11.0. The van der Waals surface area contributed by atoms with Crippen molar-refractivity contribution in [2.45, 2.75) is 6.04 Å². The number of halogens is 1. The van der Waals surface area contributed by atoms with Gasteiger partial charge in [-0.25, -0.2) is 8.42 Å². The summed E-state index contributed by atoms with van der Waals surface area (Å²) < 4.78 is 22.8. The molecule has 0 saturated heterocycles. The highest BCUT2D eigenvalue weighted by Crippen LogP contribution is 2.26. The Morgan fingerprint density at radius 2 is 2.23 bits per heavy atom. The topological polar surface area (TPSA) is 60.2 Å². The average Bonchev–Trinajstić information content (AvgIpc) is 2.30. The van der Waals surface area contributed by atoms with Crippen molar-refractivity contribution < 1.29 is 8.42 Å². The molecule has 6 heteroatoms. The van der Waals surface area contributed by atoms with Gasteiger partial charge in [0.2, 0.25) is 0 Å². The largest absolute Gasteiger partial charge is 0.323 e. The van der Waals surface area contributed by atoms with E-state index in [1.165, 1.54) is 17.6 Å². The van der Waals surface area contributed by atoms with E-state index in [0.29, 0.717) is 0 Å². The van der Waals surface area contributed by atoms with E-state index >= 15 is 0 Å². The normalized spacial score (nSPS) is 14.4. The second kappa shape index (κ2) is 4.08. The first-order valence-corrected chi connectivity index (χ1v) is 7.34. The molecule has 1 rings (SSSR count). The zero-order chi connectivity index (χ0) is 10.1. The average molecular weight is 284 g/mol. The van der Waals surface area contributed by atoms with Crippen molar-refractivity contribution in [3.05, 3.63) is 20.8 Å². The highest BCUT2D eigenvalue weighted by molar-refractivity contribution is 9.10. The SMILES string of the molecule is CS(=O)(=O)CC(N)c1cscc1Br. The van der Waals surface area contributed by atoms with E-state index in [-0.39, 0.29) is 5.75 Å². The van der Waals surface area contributed by atoms with E-state index in [0.717, 1.165) is 10.0 Å². The van der Waals surface area contributed by atoms with Crippen molar-refractivity contribution in [2.24, 2.45) is 5.73 Å². The summed E-state index contributed by atoms with van der Waals surface area (Å²) >= 11 is 4.81. The van der Waals surface area contributed by atoms with Crippen molar-refractivity contribution in [1.29, 1.82) is 0 Å². The molecule has 1 atom stereocenters. The number of nitrogens with two attached hydrogens (primary N) is 1. The Morgan fingerprint density at radius 1 is 1.62 bits per heavy atom. The fraction of sp³-hybridized carbons (Fsp3) is 0.429. The minimum absolute atomic E-state index is 0.0116. The van der Waals surface area contributed by atoms with Crippen LogP contribution in [0.15, 0.2) is 15.2 Å². The number of hydrogen-bond acceptors (Lipinski definition) is 4. The molecular formula is C7H10BrNO2S2. The first-order valence-electron chi connectivity index (χ1n) is 3.55. The summed E-state index contributed by atoms with van der Waals surface area (Å²) in [6.45, 7) is 0. The van der Waals surface area contributed by atoms with Crippen LogP contribution in [0.4, 0.5) is 0 Å². The number of thiophene rings is 1. The molecule has 1 heterocycles. The molecule has 0 aliphatic carbocycles. The van der Waals surface area contributed by atoms with Gasteiger partial charge in [0.15, 0.2) is 0 Å². The molecule has 1 unspecified atom stereocenters. The Kier molecular flexibility index (Phi) is 3.50. The molecule has 3 nitrogen and oxygen atoms in total. The van der Waals surface area contributed by atoms with E-state index < -0.39 is 15.9 Å². The third-order valence-electron chi connectivity index (χ3n) is 1.52. The van der Waals surface area contributed by atoms with Crippen LogP contribution < -0.4 is 5.73 Å². The Hall–Kier alpha value is 0.0900. The van der Waals surface area contributed by atoms with Crippen LogP contribution in [0.3, 0.4) is 0 Å². The molecule has 0 amide bonds. The zero-order valence-corrected chi connectivity index (χ0v) is 10.2. The van der Waals surface area contributed by atoms with Gasteiger partial charge in [-0.3, -0.25) is 0 Å². The predicted molar refractivity (Wildman–Crippen MR) is 58.7 cm³/mol. The van der Waals surface area contributed by atoms with E-state index in [2.05, 4.69) is 15.9 Å². The van der Waals surface area contributed by atoms with Crippen LogP contribution in [0.1, 0.15) is 11.6 Å². The van der Waals surface area contributed by atoms with Crippen molar-refractivity contribution in [1.82, 2.24) is 0 Å². The molecule has 2 N–H and O–H groups in total. The third-order valence-corrected chi connectivity index (χ3v) is 4.24.